The van der Waals surface area contributed by atoms with E-state index >= 15 is 0 Å². The zero-order valence-electron chi connectivity index (χ0n) is 10.2. The summed E-state index contributed by atoms with van der Waals surface area (Å²) >= 11 is 0. The fraction of sp³-hybridized carbons (Fsp3) is 0.417. The first kappa shape index (κ1) is 14.8. The minimum absolute atomic E-state index is 0.0958. The summed E-state index contributed by atoms with van der Waals surface area (Å²) in [6.45, 7) is 1.91. The molecule has 0 radical (unpaired) electrons. The predicted molar refractivity (Wildman–Crippen MR) is 69.9 cm³/mol. The third-order valence-electron chi connectivity index (χ3n) is 2.58. The van der Waals surface area contributed by atoms with Crippen molar-refractivity contribution >= 4 is 16.7 Å². The summed E-state index contributed by atoms with van der Waals surface area (Å²) in [4.78, 5) is 10.9. The number of amides is 1. The van der Waals surface area contributed by atoms with Crippen LogP contribution in [0.15, 0.2) is 18.2 Å². The number of nitrogens with two attached hydrogens (primary N) is 2. The van der Waals surface area contributed by atoms with Gasteiger partial charge in [-0.3, -0.25) is 9.00 Å². The molecule has 0 spiro atoms. The van der Waals surface area contributed by atoms with Crippen LogP contribution in [0, 0.1) is 5.82 Å². The molecule has 0 saturated carbocycles. The molecule has 6 heteroatoms. The van der Waals surface area contributed by atoms with Crippen molar-refractivity contribution in [3.8, 4) is 0 Å². The average Bonchev–Trinajstić information content (AvgIpc) is 2.31. The number of hydrogen-bond acceptors (Lipinski definition) is 3. The van der Waals surface area contributed by atoms with Crippen LogP contribution in [0.5, 0.6) is 0 Å². The lowest BCUT2D eigenvalue weighted by molar-refractivity contribution is 0.1000. The normalized spacial score (nSPS) is 14.2. The Morgan fingerprint density at radius 1 is 1.50 bits per heavy atom. The molecule has 4 N–H and O–H groups in total. The van der Waals surface area contributed by atoms with Gasteiger partial charge in [-0.2, -0.15) is 0 Å². The fourth-order valence-corrected chi connectivity index (χ4v) is 2.82. The molecule has 0 aliphatic rings. The van der Waals surface area contributed by atoms with Crippen LogP contribution in [0.1, 0.15) is 29.3 Å². The summed E-state index contributed by atoms with van der Waals surface area (Å²) in [7, 11) is -1.21. The molecule has 1 aromatic carbocycles. The molecule has 0 heterocycles. The van der Waals surface area contributed by atoms with Gasteiger partial charge < -0.3 is 11.5 Å². The molecule has 4 nitrogen and oxygen atoms in total. The van der Waals surface area contributed by atoms with Gasteiger partial charge in [-0.05, 0) is 18.6 Å². The van der Waals surface area contributed by atoms with Gasteiger partial charge in [0.1, 0.15) is 5.82 Å². The van der Waals surface area contributed by atoms with Crippen molar-refractivity contribution in [3.05, 3.63) is 35.1 Å². The van der Waals surface area contributed by atoms with E-state index in [1.165, 1.54) is 12.1 Å². The molecule has 0 aromatic heterocycles. The Labute approximate surface area is 108 Å². The number of carbonyl (C=O) groups excluding carboxylic acids is 1. The number of rotatable bonds is 6. The fourth-order valence-electron chi connectivity index (χ4n) is 1.41. The molecule has 0 bridgehead atoms. The Morgan fingerprint density at radius 3 is 2.67 bits per heavy atom. The second-order valence-electron chi connectivity index (χ2n) is 4.09. The zero-order valence-corrected chi connectivity index (χ0v) is 11.0. The molecule has 0 aliphatic heterocycles. The Bertz CT molecular complexity index is 465. The molecular weight excluding hydrogens is 255 g/mol. The average molecular weight is 272 g/mol. The quantitative estimate of drug-likeness (QED) is 0.807. The molecule has 2 unspecified atom stereocenters. The maximum Gasteiger partial charge on any atom is 0.248 e. The SMILES string of the molecule is CCC(N)CS(=O)Cc1ccc(C(N)=O)cc1F. The number of primary amides is 1. The Hall–Kier alpha value is -1.27. The van der Waals surface area contributed by atoms with Crippen molar-refractivity contribution in [2.24, 2.45) is 11.5 Å². The zero-order chi connectivity index (χ0) is 13.7. The van der Waals surface area contributed by atoms with Gasteiger partial charge in [-0.1, -0.05) is 13.0 Å². The van der Waals surface area contributed by atoms with Gasteiger partial charge in [0.15, 0.2) is 0 Å². The topological polar surface area (TPSA) is 86.2 Å². The third kappa shape index (κ3) is 4.19. The highest BCUT2D eigenvalue weighted by molar-refractivity contribution is 7.84. The summed E-state index contributed by atoms with van der Waals surface area (Å²) in [5.74, 6) is -0.814. The van der Waals surface area contributed by atoms with Crippen molar-refractivity contribution < 1.29 is 13.4 Å². The van der Waals surface area contributed by atoms with E-state index in [-0.39, 0.29) is 17.4 Å². The van der Waals surface area contributed by atoms with E-state index in [9.17, 15) is 13.4 Å². The van der Waals surface area contributed by atoms with Crippen LogP contribution in [-0.2, 0) is 16.6 Å². The van der Waals surface area contributed by atoms with Crippen LogP contribution in [-0.4, -0.2) is 21.9 Å². The summed E-state index contributed by atoms with van der Waals surface area (Å²) in [6, 6.07) is 3.79. The van der Waals surface area contributed by atoms with Gasteiger partial charge in [0, 0.05) is 33.7 Å². The maximum absolute atomic E-state index is 13.6. The second-order valence-corrected chi connectivity index (χ2v) is 5.59. The van der Waals surface area contributed by atoms with Gasteiger partial charge in [0.05, 0.1) is 5.75 Å². The van der Waals surface area contributed by atoms with E-state index in [0.717, 1.165) is 12.5 Å². The van der Waals surface area contributed by atoms with E-state index in [1.807, 2.05) is 6.92 Å². The Morgan fingerprint density at radius 2 is 2.17 bits per heavy atom. The first-order valence-electron chi connectivity index (χ1n) is 5.62. The summed E-state index contributed by atoms with van der Waals surface area (Å²) in [5.41, 5.74) is 11.1. The molecule has 1 amide bonds. The number of hydrogen-bond donors (Lipinski definition) is 2. The van der Waals surface area contributed by atoms with Crippen LogP contribution >= 0.6 is 0 Å². The Balaban J connectivity index is 2.74. The molecule has 100 valence electrons. The lowest BCUT2D eigenvalue weighted by atomic mass is 10.1. The van der Waals surface area contributed by atoms with E-state index in [2.05, 4.69) is 0 Å². The first-order chi connectivity index (χ1) is 8.43. The minimum Gasteiger partial charge on any atom is -0.366 e. The van der Waals surface area contributed by atoms with Crippen molar-refractivity contribution in [1.82, 2.24) is 0 Å². The lowest BCUT2D eigenvalue weighted by Crippen LogP contribution is -2.26. The van der Waals surface area contributed by atoms with E-state index in [4.69, 9.17) is 11.5 Å². The molecule has 2 atom stereocenters. The van der Waals surface area contributed by atoms with Gasteiger partial charge in [-0.25, -0.2) is 4.39 Å². The van der Waals surface area contributed by atoms with Gasteiger partial charge in [0.2, 0.25) is 5.91 Å². The highest BCUT2D eigenvalue weighted by Crippen LogP contribution is 2.13. The molecular formula is C12H17FN2O2S. The van der Waals surface area contributed by atoms with Crippen molar-refractivity contribution in [3.63, 3.8) is 0 Å². The molecule has 0 aliphatic carbocycles. The Kier molecular flexibility index (Phi) is 5.43. The van der Waals surface area contributed by atoms with Crippen molar-refractivity contribution in [2.75, 3.05) is 5.75 Å². The molecule has 18 heavy (non-hydrogen) atoms. The third-order valence-corrected chi connectivity index (χ3v) is 4.01. The van der Waals surface area contributed by atoms with Crippen LogP contribution in [0.2, 0.25) is 0 Å². The van der Waals surface area contributed by atoms with Gasteiger partial charge >= 0.3 is 0 Å². The standard InChI is InChI=1S/C12H17FN2O2S/c1-2-10(14)7-18(17)6-9-4-3-8(12(15)16)5-11(9)13/h3-5,10H,2,6-7,14H2,1H3,(H2,15,16). The van der Waals surface area contributed by atoms with Crippen LogP contribution in [0.25, 0.3) is 0 Å². The molecule has 1 rings (SSSR count). The van der Waals surface area contributed by atoms with E-state index < -0.39 is 22.5 Å². The highest BCUT2D eigenvalue weighted by atomic mass is 32.2. The number of benzene rings is 1. The number of halogens is 1. The van der Waals surface area contributed by atoms with E-state index in [0.29, 0.717) is 11.3 Å². The van der Waals surface area contributed by atoms with Gasteiger partial charge in [-0.15, -0.1) is 0 Å². The molecule has 1 aromatic rings. The maximum atomic E-state index is 13.6. The van der Waals surface area contributed by atoms with Crippen molar-refractivity contribution in [1.29, 1.82) is 0 Å². The highest BCUT2D eigenvalue weighted by Gasteiger charge is 2.12. The summed E-state index contributed by atoms with van der Waals surface area (Å²) < 4.78 is 25.3. The minimum atomic E-state index is -1.21. The lowest BCUT2D eigenvalue weighted by Gasteiger charge is -2.09. The van der Waals surface area contributed by atoms with Crippen LogP contribution in [0.4, 0.5) is 4.39 Å². The summed E-state index contributed by atoms with van der Waals surface area (Å²) in [6.07, 6.45) is 0.731. The van der Waals surface area contributed by atoms with Crippen LogP contribution in [0.3, 0.4) is 0 Å². The monoisotopic (exact) mass is 272 g/mol. The summed E-state index contributed by atoms with van der Waals surface area (Å²) in [5, 5.41) is 0. The first-order valence-corrected chi connectivity index (χ1v) is 7.11. The smallest absolute Gasteiger partial charge is 0.248 e. The predicted octanol–water partition coefficient (Wildman–Crippen LogP) is 0.911. The number of carbonyl (C=O) groups is 1. The largest absolute Gasteiger partial charge is 0.366 e. The van der Waals surface area contributed by atoms with Crippen LogP contribution < -0.4 is 11.5 Å². The molecule has 0 saturated heterocycles. The van der Waals surface area contributed by atoms with Crippen molar-refractivity contribution in [2.45, 2.75) is 25.1 Å². The molecule has 0 fully saturated rings. The van der Waals surface area contributed by atoms with Gasteiger partial charge in [0.25, 0.3) is 0 Å². The van der Waals surface area contributed by atoms with E-state index in [1.54, 1.807) is 0 Å². The second kappa shape index (κ2) is 6.61.